The molecule has 0 fully saturated rings. The number of para-hydroxylation sites is 2. The molecular formula is C66H66N8O23. The van der Waals surface area contributed by atoms with Gasteiger partial charge in [0.05, 0.1) is 85.9 Å². The molecule has 508 valence electrons. The van der Waals surface area contributed by atoms with Crippen molar-refractivity contribution in [2.24, 2.45) is 11.5 Å². The van der Waals surface area contributed by atoms with Crippen molar-refractivity contribution in [3.05, 3.63) is 170 Å². The van der Waals surface area contributed by atoms with Crippen LogP contribution in [-0.2, 0) is 52.8 Å². The van der Waals surface area contributed by atoms with Crippen LogP contribution in [0.1, 0.15) is 101 Å². The predicted molar refractivity (Wildman–Crippen MR) is 340 cm³/mol. The topological polar surface area (TPSA) is 487 Å². The van der Waals surface area contributed by atoms with Crippen molar-refractivity contribution in [1.82, 2.24) is 9.80 Å². The number of carbonyl (C=O) groups excluding carboxylic acids is 4. The zero-order valence-electron chi connectivity index (χ0n) is 51.5. The standard InChI is InChI=1S/C66H66N8O23/c67-65(68)71-42-13-15-45-37(28-42)5-3-18-94-55-47(7-1-9-51(55)96-63(45)89)57(79)73(49(61(85)86)31-53(75)76)33-35-25-40(60(83)84)30-44(26-35)93-24-23-92-22-21-91-20-17-39(59(81)82)27-41(36-11-12-36)34-74(50(62(87)88)32-54(77)78)58(80)48-8-2-10-52-56(48)95-19-4-6-38-29-43(72-66(69)70)14-16-46(38)64(90)97-52/h1-2,7-11,13-17,25-30,49-50H,3-6,12,18-24,31-34H2,(H,75,76)(H,77,78)(H,81,82)(H,83,84)(H,85,86)(H,87,88)(H4,67,68,71)(H4,69,70,72)/b39-17+,41-27-/t49-,50-/m0/s1. The van der Waals surface area contributed by atoms with Crippen molar-refractivity contribution in [2.45, 2.75) is 63.6 Å². The van der Waals surface area contributed by atoms with Crippen molar-refractivity contribution in [3.63, 3.8) is 0 Å². The number of carbonyl (C=O) groups is 10. The smallest absolute Gasteiger partial charge is 0.343 e. The fourth-order valence-electron chi connectivity index (χ4n) is 10.4. The number of fused-ring (bicyclic) bond motifs is 4. The third kappa shape index (κ3) is 19.3. The molecule has 0 bridgehead atoms. The van der Waals surface area contributed by atoms with Gasteiger partial charge in [0, 0.05) is 24.5 Å². The Morgan fingerprint density at radius 2 is 1.13 bits per heavy atom. The van der Waals surface area contributed by atoms with Gasteiger partial charge in [0.15, 0.2) is 34.9 Å². The number of guanidine groups is 2. The number of hydrogen-bond acceptors (Lipinski definition) is 19. The fraction of sp³-hybridized carbons (Fsp3) is 0.273. The molecule has 0 aromatic heterocycles. The van der Waals surface area contributed by atoms with Crippen LogP contribution < -0.4 is 45.8 Å². The lowest BCUT2D eigenvalue weighted by Gasteiger charge is -2.30. The van der Waals surface area contributed by atoms with E-state index in [1.807, 2.05) is 0 Å². The van der Waals surface area contributed by atoms with Gasteiger partial charge in [-0.15, -0.1) is 0 Å². The number of benzene rings is 5. The number of ether oxygens (including phenoxy) is 7. The maximum absolute atomic E-state index is 14.7. The van der Waals surface area contributed by atoms with Gasteiger partial charge in [-0.1, -0.05) is 18.2 Å². The molecule has 31 nitrogen and oxygen atoms in total. The van der Waals surface area contributed by atoms with Crippen molar-refractivity contribution in [2.75, 3.05) is 63.4 Å². The summed E-state index contributed by atoms with van der Waals surface area (Å²) in [5.74, 6) is -15.0. The summed E-state index contributed by atoms with van der Waals surface area (Å²) in [6.45, 7) is -2.30. The molecule has 1 aliphatic carbocycles. The first kappa shape index (κ1) is 70.7. The van der Waals surface area contributed by atoms with Crippen LogP contribution in [0.15, 0.2) is 126 Å². The Balaban J connectivity index is 0.921. The first-order chi connectivity index (χ1) is 46.3. The second kappa shape index (κ2) is 32.6. The number of nitrogens with zero attached hydrogens (tertiary/aromatic N) is 2. The van der Waals surface area contributed by atoms with Gasteiger partial charge < -0.3 is 95.7 Å². The Morgan fingerprint density at radius 3 is 1.62 bits per heavy atom. The predicted octanol–water partition coefficient (Wildman–Crippen LogP) is 5.40. The lowest BCUT2D eigenvalue weighted by Crippen LogP contribution is -2.47. The van der Waals surface area contributed by atoms with Crippen LogP contribution in [0.25, 0.3) is 0 Å². The molecule has 31 heteroatoms. The lowest BCUT2D eigenvalue weighted by molar-refractivity contribution is -0.149. The molecule has 0 unspecified atom stereocenters. The monoisotopic (exact) mass is 1340 g/mol. The van der Waals surface area contributed by atoms with Crippen molar-refractivity contribution < 1.29 is 112 Å². The Morgan fingerprint density at radius 1 is 0.629 bits per heavy atom. The van der Waals surface area contributed by atoms with E-state index in [0.29, 0.717) is 45.8 Å². The maximum atomic E-state index is 14.7. The summed E-state index contributed by atoms with van der Waals surface area (Å²) in [4.78, 5) is 133. The van der Waals surface area contributed by atoms with Gasteiger partial charge in [-0.25, -0.2) is 28.8 Å². The number of nitrogens with one attached hydrogen (secondary N) is 4. The highest BCUT2D eigenvalue weighted by Crippen LogP contribution is 2.39. The first-order valence-corrected chi connectivity index (χ1v) is 29.8. The van der Waals surface area contributed by atoms with Crippen LogP contribution in [0.4, 0.5) is 11.4 Å². The number of allylic oxidation sites excluding steroid dienone is 1. The largest absolute Gasteiger partial charge is 0.491 e. The molecule has 0 saturated carbocycles. The summed E-state index contributed by atoms with van der Waals surface area (Å²) in [6, 6.07) is 16.6. The van der Waals surface area contributed by atoms with Crippen LogP contribution in [0.5, 0.6) is 28.7 Å². The van der Waals surface area contributed by atoms with Crippen LogP contribution in [-0.4, -0.2) is 177 Å². The van der Waals surface area contributed by atoms with E-state index in [9.17, 15) is 78.6 Å². The maximum Gasteiger partial charge on any atom is 0.343 e. The molecule has 8 rings (SSSR count). The Labute approximate surface area is 551 Å². The summed E-state index contributed by atoms with van der Waals surface area (Å²) in [5.41, 5.74) is 12.5. The number of aromatic carboxylic acids is 1. The molecular weight excluding hydrogens is 1270 g/mol. The summed E-state index contributed by atoms with van der Waals surface area (Å²) < 4.78 is 40.6. The van der Waals surface area contributed by atoms with E-state index in [4.69, 9.17) is 55.4 Å². The molecule has 0 radical (unpaired) electrons. The average molecular weight is 1340 g/mol. The summed E-state index contributed by atoms with van der Waals surface area (Å²) in [5, 5.41) is 81.3. The number of amides is 2. The van der Waals surface area contributed by atoms with Crippen LogP contribution >= 0.6 is 0 Å². The summed E-state index contributed by atoms with van der Waals surface area (Å²) in [7, 11) is 0. The van der Waals surface area contributed by atoms with E-state index < -0.39 is 97.6 Å². The number of rotatable bonds is 29. The number of carboxylic acid groups (broad SMARTS) is 6. The SMILES string of the molecule is N=C(N)Nc1ccc2c(c1)CCCOc1c(cccc1C(=O)N(C/C(=C/C(=C\COCCOCCOc1cc(CN(C(=O)c3cccc4c3OCCCc3cc(NC(=N)N)ccc3C(=O)O4)[C@@H](CC(=O)O)C(=O)O)cc(C(=O)O)c1)C(=O)O)C1=CC1)[C@@H](CC(=O)O)C(=O)O)OC2=O. The molecule has 0 saturated heterocycles. The number of aryl methyl sites for hydroxylation is 2. The minimum atomic E-state index is -2.04. The van der Waals surface area contributed by atoms with Gasteiger partial charge >= 0.3 is 47.8 Å². The number of aliphatic carboxylic acids is 5. The van der Waals surface area contributed by atoms with Crippen molar-refractivity contribution in [3.8, 4) is 28.7 Å². The van der Waals surface area contributed by atoms with Gasteiger partial charge in [-0.05, 0) is 151 Å². The van der Waals surface area contributed by atoms with Gasteiger partial charge in [-0.3, -0.25) is 30.0 Å². The van der Waals surface area contributed by atoms with Gasteiger partial charge in [-0.2, -0.15) is 0 Å². The lowest BCUT2D eigenvalue weighted by atomic mass is 10.0. The molecule has 0 spiro atoms. The molecule has 3 aliphatic rings. The van der Waals surface area contributed by atoms with Crippen molar-refractivity contribution >= 4 is 82.9 Å². The molecule has 5 aromatic carbocycles. The van der Waals surface area contributed by atoms with Crippen LogP contribution in [0.3, 0.4) is 0 Å². The normalized spacial score (nSPS) is 14.1. The van der Waals surface area contributed by atoms with Gasteiger partial charge in [0.25, 0.3) is 11.8 Å². The van der Waals surface area contributed by atoms with E-state index in [1.54, 1.807) is 18.2 Å². The number of carboxylic acids is 6. The highest BCUT2D eigenvalue weighted by atomic mass is 16.6. The molecule has 97 heavy (non-hydrogen) atoms. The zero-order valence-corrected chi connectivity index (χ0v) is 51.5. The molecule has 2 amide bonds. The second-order valence-corrected chi connectivity index (χ2v) is 21.8. The minimum absolute atomic E-state index is 0.0104. The van der Waals surface area contributed by atoms with Crippen LogP contribution in [0, 0.1) is 10.8 Å². The van der Waals surface area contributed by atoms with Gasteiger partial charge in [0.1, 0.15) is 24.4 Å². The Kier molecular flexibility index (Phi) is 23.8. The molecule has 5 aromatic rings. The molecule has 2 atom stereocenters. The second-order valence-electron chi connectivity index (χ2n) is 21.8. The van der Waals surface area contributed by atoms with E-state index in [0.717, 1.165) is 17.0 Å². The quantitative estimate of drug-likeness (QED) is 0.00542. The summed E-state index contributed by atoms with van der Waals surface area (Å²) in [6.07, 6.45) is 3.31. The first-order valence-electron chi connectivity index (χ1n) is 29.8. The van der Waals surface area contributed by atoms with Crippen LogP contribution in [0.2, 0.25) is 0 Å². The number of anilines is 2. The average Bonchev–Trinajstić information content (AvgIpc) is 1.44. The number of nitrogens with two attached hydrogens (primary N) is 2. The van der Waals surface area contributed by atoms with E-state index in [2.05, 4.69) is 10.6 Å². The highest BCUT2D eigenvalue weighted by Gasteiger charge is 2.38. The van der Waals surface area contributed by atoms with E-state index >= 15 is 0 Å². The zero-order chi connectivity index (χ0) is 70.0. The number of esters is 2. The summed E-state index contributed by atoms with van der Waals surface area (Å²) >= 11 is 0. The van der Waals surface area contributed by atoms with E-state index in [1.165, 1.54) is 78.9 Å². The number of hydrogen-bond donors (Lipinski definition) is 12. The third-order valence-electron chi connectivity index (χ3n) is 14.9. The van der Waals surface area contributed by atoms with Crippen molar-refractivity contribution in [1.29, 1.82) is 10.8 Å². The van der Waals surface area contributed by atoms with Gasteiger partial charge in [0.2, 0.25) is 0 Å². The molecule has 2 heterocycles. The third-order valence-corrected chi connectivity index (χ3v) is 14.9. The fourth-order valence-corrected chi connectivity index (χ4v) is 10.4. The van der Waals surface area contributed by atoms with E-state index in [-0.39, 0.29) is 151 Å². The Bertz CT molecular complexity index is 4070. The highest BCUT2D eigenvalue weighted by molar-refractivity contribution is 6.03. The Hall–Kier alpha value is -12.1. The molecule has 14 N–H and O–H groups in total. The minimum Gasteiger partial charge on any atom is -0.491 e. The molecule has 2 aliphatic heterocycles.